The van der Waals surface area contributed by atoms with Gasteiger partial charge in [0.25, 0.3) is 0 Å². The summed E-state index contributed by atoms with van der Waals surface area (Å²) in [5.41, 5.74) is 6.33. The third-order valence-electron chi connectivity index (χ3n) is 2.02. The highest BCUT2D eigenvalue weighted by Gasteiger charge is 1.97. The number of nitrogens with two attached hydrogens (primary N) is 1. The van der Waals surface area contributed by atoms with Gasteiger partial charge >= 0.3 is 0 Å². The topological polar surface area (TPSA) is 63.8 Å². The van der Waals surface area contributed by atoms with Crippen molar-refractivity contribution >= 4 is 11.5 Å². The van der Waals surface area contributed by atoms with Gasteiger partial charge in [0.15, 0.2) is 0 Å². The summed E-state index contributed by atoms with van der Waals surface area (Å²) in [5, 5.41) is 3.07. The van der Waals surface area contributed by atoms with Gasteiger partial charge in [0.1, 0.15) is 17.5 Å². The summed E-state index contributed by atoms with van der Waals surface area (Å²) in [6.07, 6.45) is 1.60. The van der Waals surface area contributed by atoms with Gasteiger partial charge in [0.2, 0.25) is 0 Å². The van der Waals surface area contributed by atoms with Crippen LogP contribution in [0.1, 0.15) is 5.82 Å². The molecule has 0 aliphatic heterocycles. The van der Waals surface area contributed by atoms with Crippen LogP contribution in [0.5, 0.6) is 0 Å². The van der Waals surface area contributed by atoms with Crippen LogP contribution in [0.3, 0.4) is 0 Å². The molecule has 1 heterocycles. The molecule has 0 atom stereocenters. The van der Waals surface area contributed by atoms with Crippen molar-refractivity contribution in [1.29, 1.82) is 0 Å². The lowest BCUT2D eigenvalue weighted by Crippen LogP contribution is -2.05. The van der Waals surface area contributed by atoms with Crippen LogP contribution in [0.25, 0.3) is 0 Å². The number of anilines is 2. The van der Waals surface area contributed by atoms with Crippen LogP contribution < -0.4 is 11.1 Å². The van der Waals surface area contributed by atoms with Crippen molar-refractivity contribution in [3.8, 4) is 0 Å². The smallest absolute Gasteiger partial charge is 0.149 e. The number of benzene rings is 1. The lowest BCUT2D eigenvalue weighted by atomic mass is 10.3. The Labute approximate surface area is 92.3 Å². The molecule has 0 saturated carbocycles. The van der Waals surface area contributed by atoms with E-state index >= 15 is 0 Å². The van der Waals surface area contributed by atoms with Crippen molar-refractivity contribution in [2.75, 3.05) is 11.1 Å². The van der Waals surface area contributed by atoms with E-state index in [1.165, 1.54) is 12.1 Å². The van der Waals surface area contributed by atoms with Crippen LogP contribution in [-0.4, -0.2) is 9.97 Å². The van der Waals surface area contributed by atoms with Crippen molar-refractivity contribution in [1.82, 2.24) is 9.97 Å². The number of hydrogen-bond acceptors (Lipinski definition) is 4. The van der Waals surface area contributed by atoms with E-state index in [0.717, 1.165) is 5.69 Å². The fourth-order valence-electron chi connectivity index (χ4n) is 1.25. The summed E-state index contributed by atoms with van der Waals surface area (Å²) in [6, 6.07) is 7.72. The fourth-order valence-corrected chi connectivity index (χ4v) is 1.25. The van der Waals surface area contributed by atoms with Gasteiger partial charge in [0, 0.05) is 11.9 Å². The van der Waals surface area contributed by atoms with Gasteiger partial charge in [-0.15, -0.1) is 0 Å². The molecule has 0 saturated heterocycles. The second-order valence-corrected chi connectivity index (χ2v) is 3.26. The molecule has 0 aliphatic rings. The van der Waals surface area contributed by atoms with E-state index in [1.54, 1.807) is 24.4 Å². The van der Waals surface area contributed by atoms with Crippen molar-refractivity contribution < 1.29 is 4.39 Å². The Morgan fingerprint density at radius 3 is 2.62 bits per heavy atom. The third-order valence-corrected chi connectivity index (χ3v) is 2.02. The third kappa shape index (κ3) is 2.66. The van der Waals surface area contributed by atoms with Crippen molar-refractivity contribution in [3.05, 3.63) is 48.2 Å². The molecule has 4 nitrogen and oxygen atoms in total. The lowest BCUT2D eigenvalue weighted by Gasteiger charge is -2.05. The summed E-state index contributed by atoms with van der Waals surface area (Å²) >= 11 is 0. The van der Waals surface area contributed by atoms with Crippen molar-refractivity contribution in [2.24, 2.45) is 0 Å². The molecule has 0 unspecified atom stereocenters. The van der Waals surface area contributed by atoms with E-state index in [9.17, 15) is 4.39 Å². The number of nitrogens with one attached hydrogen (secondary N) is 1. The van der Waals surface area contributed by atoms with E-state index in [0.29, 0.717) is 18.2 Å². The predicted molar refractivity (Wildman–Crippen MR) is 60.2 cm³/mol. The molecule has 16 heavy (non-hydrogen) atoms. The molecule has 3 N–H and O–H groups in total. The molecule has 0 radical (unpaired) electrons. The number of nitrogens with zero attached hydrogens (tertiary/aromatic N) is 2. The molecular weight excluding hydrogens is 207 g/mol. The Bertz CT molecular complexity index is 470. The van der Waals surface area contributed by atoms with Gasteiger partial charge in [-0.05, 0) is 30.3 Å². The van der Waals surface area contributed by atoms with E-state index in [4.69, 9.17) is 5.73 Å². The van der Waals surface area contributed by atoms with Gasteiger partial charge in [-0.1, -0.05) is 0 Å². The Kier molecular flexibility index (Phi) is 2.95. The minimum atomic E-state index is -0.259. The molecule has 0 amide bonds. The van der Waals surface area contributed by atoms with Crippen molar-refractivity contribution in [2.45, 2.75) is 6.54 Å². The molecule has 1 aromatic heterocycles. The highest BCUT2D eigenvalue weighted by Crippen LogP contribution is 2.09. The second kappa shape index (κ2) is 4.57. The first-order valence-electron chi connectivity index (χ1n) is 4.81. The zero-order valence-electron chi connectivity index (χ0n) is 8.52. The maximum Gasteiger partial charge on any atom is 0.149 e. The lowest BCUT2D eigenvalue weighted by molar-refractivity contribution is 0.628. The molecular formula is C11H11FN4. The molecule has 0 bridgehead atoms. The standard InChI is InChI=1S/C11H11FN4/c12-8-1-3-9(4-2-8)15-7-11-14-6-5-10(13)16-11/h1-6,15H,7H2,(H2,13,14,16). The van der Waals surface area contributed by atoms with Gasteiger partial charge in [0.05, 0.1) is 6.54 Å². The molecule has 5 heteroatoms. The summed E-state index contributed by atoms with van der Waals surface area (Å²) in [5.74, 6) is 0.779. The van der Waals surface area contributed by atoms with Crippen molar-refractivity contribution in [3.63, 3.8) is 0 Å². The molecule has 0 fully saturated rings. The minimum absolute atomic E-state index is 0.259. The average molecular weight is 218 g/mol. The molecule has 1 aromatic carbocycles. The first kappa shape index (κ1) is 10.4. The molecule has 2 rings (SSSR count). The maximum absolute atomic E-state index is 12.6. The first-order valence-corrected chi connectivity index (χ1v) is 4.81. The summed E-state index contributed by atoms with van der Waals surface area (Å²) in [4.78, 5) is 8.08. The quantitative estimate of drug-likeness (QED) is 0.824. The highest BCUT2D eigenvalue weighted by atomic mass is 19.1. The number of rotatable bonds is 3. The number of nitrogen functional groups attached to an aromatic ring is 1. The van der Waals surface area contributed by atoms with E-state index in [2.05, 4.69) is 15.3 Å². The largest absolute Gasteiger partial charge is 0.384 e. The number of hydrogen-bond donors (Lipinski definition) is 2. The van der Waals surface area contributed by atoms with Crippen LogP contribution in [0.15, 0.2) is 36.5 Å². The zero-order valence-corrected chi connectivity index (χ0v) is 8.52. The van der Waals surface area contributed by atoms with Crippen LogP contribution in [0, 0.1) is 5.82 Å². The van der Waals surface area contributed by atoms with Gasteiger partial charge < -0.3 is 11.1 Å². The van der Waals surface area contributed by atoms with Crippen LogP contribution in [-0.2, 0) is 6.54 Å². The van der Waals surface area contributed by atoms with E-state index in [1.807, 2.05) is 0 Å². The normalized spacial score (nSPS) is 10.1. The van der Waals surface area contributed by atoms with Crippen LogP contribution >= 0.6 is 0 Å². The minimum Gasteiger partial charge on any atom is -0.384 e. The Morgan fingerprint density at radius 2 is 1.94 bits per heavy atom. The van der Waals surface area contributed by atoms with Crippen LogP contribution in [0.4, 0.5) is 15.9 Å². The second-order valence-electron chi connectivity index (χ2n) is 3.26. The average Bonchev–Trinajstić information content (AvgIpc) is 2.28. The molecule has 2 aromatic rings. The van der Waals surface area contributed by atoms with Crippen LogP contribution in [0.2, 0.25) is 0 Å². The number of aromatic nitrogens is 2. The van der Waals surface area contributed by atoms with E-state index < -0.39 is 0 Å². The van der Waals surface area contributed by atoms with Gasteiger partial charge in [-0.25, -0.2) is 14.4 Å². The first-order chi connectivity index (χ1) is 7.74. The monoisotopic (exact) mass is 218 g/mol. The molecule has 0 spiro atoms. The summed E-state index contributed by atoms with van der Waals surface area (Å²) in [6.45, 7) is 0.455. The maximum atomic E-state index is 12.6. The van der Waals surface area contributed by atoms with E-state index in [-0.39, 0.29) is 5.82 Å². The highest BCUT2D eigenvalue weighted by molar-refractivity contribution is 5.42. The number of halogens is 1. The summed E-state index contributed by atoms with van der Waals surface area (Å²) < 4.78 is 12.6. The fraction of sp³-hybridized carbons (Fsp3) is 0.0909. The van der Waals surface area contributed by atoms with Gasteiger partial charge in [-0.3, -0.25) is 0 Å². The summed E-state index contributed by atoms with van der Waals surface area (Å²) in [7, 11) is 0. The van der Waals surface area contributed by atoms with Gasteiger partial charge in [-0.2, -0.15) is 0 Å². The SMILES string of the molecule is Nc1ccnc(CNc2ccc(F)cc2)n1. The zero-order chi connectivity index (χ0) is 11.4. The molecule has 82 valence electrons. The Hall–Kier alpha value is -2.17. The predicted octanol–water partition coefficient (Wildman–Crippen LogP) is 1.81. The Morgan fingerprint density at radius 1 is 1.19 bits per heavy atom. The Balaban J connectivity index is 1.99. The molecule has 0 aliphatic carbocycles.